The molecule has 0 saturated heterocycles. The van der Waals surface area contributed by atoms with Gasteiger partial charge < -0.3 is 9.84 Å². The van der Waals surface area contributed by atoms with E-state index >= 15 is 0 Å². The quantitative estimate of drug-likeness (QED) is 0.759. The molecule has 0 bridgehead atoms. The fourth-order valence-electron chi connectivity index (χ4n) is 1.45. The molecule has 0 fully saturated rings. The standard InChI is InChI=1S/C14H22FNO2/c1-14(2,11-17)16(3)9-4-10-18-13-7-5-12(15)6-8-13/h5-8,17H,4,9-11H2,1-3H3. The molecular formula is C14H22FNO2. The van der Waals surface area contributed by atoms with E-state index in [-0.39, 0.29) is 18.0 Å². The van der Waals surface area contributed by atoms with Gasteiger partial charge in [-0.1, -0.05) is 0 Å². The maximum absolute atomic E-state index is 12.7. The summed E-state index contributed by atoms with van der Waals surface area (Å²) in [4.78, 5) is 2.10. The van der Waals surface area contributed by atoms with Gasteiger partial charge in [0.15, 0.2) is 0 Å². The Morgan fingerprint density at radius 2 is 1.89 bits per heavy atom. The molecule has 18 heavy (non-hydrogen) atoms. The summed E-state index contributed by atoms with van der Waals surface area (Å²) in [7, 11) is 1.98. The molecule has 0 saturated carbocycles. The first-order valence-corrected chi connectivity index (χ1v) is 6.16. The van der Waals surface area contributed by atoms with Gasteiger partial charge in [-0.2, -0.15) is 0 Å². The predicted molar refractivity (Wildman–Crippen MR) is 70.3 cm³/mol. The third-order valence-electron chi connectivity index (χ3n) is 3.14. The Labute approximate surface area is 108 Å². The molecule has 1 rings (SSSR count). The number of aliphatic hydroxyl groups excluding tert-OH is 1. The smallest absolute Gasteiger partial charge is 0.123 e. The fourth-order valence-corrected chi connectivity index (χ4v) is 1.45. The molecule has 0 spiro atoms. The SMILES string of the molecule is CN(CCCOc1ccc(F)cc1)C(C)(C)CO. The number of halogens is 1. The normalized spacial score (nSPS) is 11.9. The summed E-state index contributed by atoms with van der Waals surface area (Å²) in [5, 5.41) is 9.22. The summed E-state index contributed by atoms with van der Waals surface area (Å²) in [6, 6.07) is 6.01. The Morgan fingerprint density at radius 3 is 2.44 bits per heavy atom. The molecule has 0 aliphatic rings. The zero-order valence-corrected chi connectivity index (χ0v) is 11.3. The summed E-state index contributed by atoms with van der Waals surface area (Å²) >= 11 is 0. The maximum Gasteiger partial charge on any atom is 0.123 e. The zero-order chi connectivity index (χ0) is 13.6. The van der Waals surface area contributed by atoms with E-state index in [1.165, 1.54) is 12.1 Å². The third kappa shape index (κ3) is 4.63. The Bertz CT molecular complexity index is 351. The van der Waals surface area contributed by atoms with Crippen molar-refractivity contribution in [2.75, 3.05) is 26.8 Å². The first-order chi connectivity index (χ1) is 8.45. The molecule has 0 radical (unpaired) electrons. The molecule has 3 nitrogen and oxygen atoms in total. The van der Waals surface area contributed by atoms with E-state index in [2.05, 4.69) is 4.90 Å². The predicted octanol–water partition coefficient (Wildman–Crippen LogP) is 2.30. The van der Waals surface area contributed by atoms with Crippen molar-refractivity contribution in [2.24, 2.45) is 0 Å². The number of likely N-dealkylation sites (N-methyl/N-ethyl adjacent to an activating group) is 1. The van der Waals surface area contributed by atoms with Crippen LogP contribution in [0.2, 0.25) is 0 Å². The summed E-state index contributed by atoms with van der Waals surface area (Å²) in [5.41, 5.74) is -0.212. The van der Waals surface area contributed by atoms with E-state index in [1.807, 2.05) is 20.9 Å². The van der Waals surface area contributed by atoms with Crippen molar-refractivity contribution < 1.29 is 14.2 Å². The monoisotopic (exact) mass is 255 g/mol. The number of nitrogens with zero attached hydrogens (tertiary/aromatic N) is 1. The Morgan fingerprint density at radius 1 is 1.28 bits per heavy atom. The highest BCUT2D eigenvalue weighted by Gasteiger charge is 2.21. The summed E-state index contributed by atoms with van der Waals surface area (Å²) in [5.74, 6) is 0.423. The number of ether oxygens (including phenoxy) is 1. The van der Waals surface area contributed by atoms with Crippen molar-refractivity contribution in [1.29, 1.82) is 0 Å². The van der Waals surface area contributed by atoms with Gasteiger partial charge in [-0.05, 0) is 51.6 Å². The minimum atomic E-state index is -0.258. The Kier molecular flexibility index (Phi) is 5.56. The van der Waals surface area contributed by atoms with E-state index in [9.17, 15) is 9.50 Å². The van der Waals surface area contributed by atoms with Crippen molar-refractivity contribution in [1.82, 2.24) is 4.90 Å². The van der Waals surface area contributed by atoms with Crippen LogP contribution in [0.15, 0.2) is 24.3 Å². The van der Waals surface area contributed by atoms with Gasteiger partial charge in [0.25, 0.3) is 0 Å². The lowest BCUT2D eigenvalue weighted by atomic mass is 10.1. The molecule has 102 valence electrons. The van der Waals surface area contributed by atoms with Crippen molar-refractivity contribution >= 4 is 0 Å². The largest absolute Gasteiger partial charge is 0.494 e. The van der Waals surface area contributed by atoms with Crippen LogP contribution in [0.5, 0.6) is 5.75 Å². The van der Waals surface area contributed by atoms with Gasteiger partial charge in [0.2, 0.25) is 0 Å². The molecule has 0 heterocycles. The topological polar surface area (TPSA) is 32.7 Å². The lowest BCUT2D eigenvalue weighted by molar-refractivity contribution is 0.0747. The van der Waals surface area contributed by atoms with Gasteiger partial charge in [-0.3, -0.25) is 4.90 Å². The maximum atomic E-state index is 12.7. The van der Waals surface area contributed by atoms with Gasteiger partial charge in [0.1, 0.15) is 11.6 Å². The summed E-state index contributed by atoms with van der Waals surface area (Å²) in [6.45, 7) is 5.54. The average molecular weight is 255 g/mol. The number of hydrogen-bond donors (Lipinski definition) is 1. The van der Waals surface area contributed by atoms with Crippen LogP contribution >= 0.6 is 0 Å². The van der Waals surface area contributed by atoms with E-state index in [0.29, 0.717) is 12.4 Å². The second-order valence-corrected chi connectivity index (χ2v) is 5.05. The van der Waals surface area contributed by atoms with Crippen LogP contribution in [0, 0.1) is 5.82 Å². The minimum Gasteiger partial charge on any atom is -0.494 e. The van der Waals surface area contributed by atoms with Crippen LogP contribution in [0.4, 0.5) is 4.39 Å². The number of rotatable bonds is 7. The molecule has 0 atom stereocenters. The molecule has 0 aliphatic heterocycles. The molecule has 0 aromatic heterocycles. The molecule has 1 aromatic carbocycles. The Hall–Kier alpha value is -1.13. The van der Waals surface area contributed by atoms with Crippen molar-refractivity contribution in [3.05, 3.63) is 30.1 Å². The molecule has 4 heteroatoms. The molecular weight excluding hydrogens is 233 g/mol. The van der Waals surface area contributed by atoms with E-state index in [0.717, 1.165) is 13.0 Å². The van der Waals surface area contributed by atoms with Crippen LogP contribution in [0.1, 0.15) is 20.3 Å². The van der Waals surface area contributed by atoms with Crippen LogP contribution in [0.25, 0.3) is 0 Å². The molecule has 0 aliphatic carbocycles. The van der Waals surface area contributed by atoms with Gasteiger partial charge in [0, 0.05) is 12.1 Å². The van der Waals surface area contributed by atoms with E-state index in [4.69, 9.17) is 4.74 Å². The lowest BCUT2D eigenvalue weighted by Crippen LogP contribution is -2.44. The lowest BCUT2D eigenvalue weighted by Gasteiger charge is -2.33. The van der Waals surface area contributed by atoms with Crippen LogP contribution < -0.4 is 4.74 Å². The second-order valence-electron chi connectivity index (χ2n) is 5.05. The highest BCUT2D eigenvalue weighted by molar-refractivity contribution is 5.21. The van der Waals surface area contributed by atoms with Crippen molar-refractivity contribution in [3.63, 3.8) is 0 Å². The van der Waals surface area contributed by atoms with Crippen LogP contribution in [-0.2, 0) is 0 Å². The van der Waals surface area contributed by atoms with Gasteiger partial charge in [-0.15, -0.1) is 0 Å². The first-order valence-electron chi connectivity index (χ1n) is 6.16. The van der Waals surface area contributed by atoms with Crippen LogP contribution in [-0.4, -0.2) is 42.4 Å². The van der Waals surface area contributed by atoms with Crippen molar-refractivity contribution in [3.8, 4) is 5.75 Å². The minimum absolute atomic E-state index is 0.127. The van der Waals surface area contributed by atoms with E-state index in [1.54, 1.807) is 12.1 Å². The van der Waals surface area contributed by atoms with Gasteiger partial charge in [-0.25, -0.2) is 4.39 Å². The molecule has 1 aromatic rings. The highest BCUT2D eigenvalue weighted by atomic mass is 19.1. The zero-order valence-electron chi connectivity index (χ0n) is 11.3. The highest BCUT2D eigenvalue weighted by Crippen LogP contribution is 2.13. The number of benzene rings is 1. The number of aliphatic hydroxyl groups is 1. The van der Waals surface area contributed by atoms with Gasteiger partial charge in [0.05, 0.1) is 13.2 Å². The molecule has 0 amide bonds. The fraction of sp³-hybridized carbons (Fsp3) is 0.571. The van der Waals surface area contributed by atoms with Crippen LogP contribution in [0.3, 0.4) is 0 Å². The number of hydrogen-bond acceptors (Lipinski definition) is 3. The Balaban J connectivity index is 2.25. The average Bonchev–Trinajstić information content (AvgIpc) is 2.36. The van der Waals surface area contributed by atoms with Gasteiger partial charge >= 0.3 is 0 Å². The molecule has 1 N–H and O–H groups in total. The third-order valence-corrected chi connectivity index (χ3v) is 3.14. The van der Waals surface area contributed by atoms with E-state index < -0.39 is 0 Å². The molecule has 0 unspecified atom stereocenters. The first kappa shape index (κ1) is 14.9. The second kappa shape index (κ2) is 6.71. The summed E-state index contributed by atoms with van der Waals surface area (Å²) < 4.78 is 18.2. The van der Waals surface area contributed by atoms with Crippen molar-refractivity contribution in [2.45, 2.75) is 25.8 Å². The summed E-state index contributed by atoms with van der Waals surface area (Å²) in [6.07, 6.45) is 0.858.